The number of rotatable bonds is 10. The zero-order chi connectivity index (χ0) is 29.6. The predicted molar refractivity (Wildman–Crippen MR) is 115 cm³/mol. The maximum Gasteiger partial charge on any atom is 0.460 e. The zero-order valence-electron chi connectivity index (χ0n) is 19.0. The minimum absolute atomic E-state index is 0.0550. The molecule has 214 valence electrons. The minimum atomic E-state index is -7.91. The van der Waals surface area contributed by atoms with Gasteiger partial charge in [0.2, 0.25) is 0 Å². The summed E-state index contributed by atoms with van der Waals surface area (Å²) in [5.41, 5.74) is -0.0189. The van der Waals surface area contributed by atoms with Crippen LogP contribution in [-0.2, 0) is 19.5 Å². The average Bonchev–Trinajstić information content (AvgIpc) is 2.77. The molecule has 0 heterocycles. The largest absolute Gasteiger partial charge is 0.460 e. The molecule has 0 aliphatic rings. The first-order valence-corrected chi connectivity index (χ1v) is 13.8. The summed E-state index contributed by atoms with van der Waals surface area (Å²) < 4.78 is 174. The lowest BCUT2D eigenvalue weighted by Gasteiger charge is -2.38. The van der Waals surface area contributed by atoms with Crippen LogP contribution in [0.25, 0.3) is 0 Å². The predicted octanol–water partition coefficient (Wildman–Crippen LogP) is 6.80. The Balaban J connectivity index is 2.44. The third-order valence-electron chi connectivity index (χ3n) is 4.90. The van der Waals surface area contributed by atoms with Crippen molar-refractivity contribution in [2.24, 2.45) is 0 Å². The molecule has 0 bridgehead atoms. The summed E-state index contributed by atoms with van der Waals surface area (Å²) in [5.74, 6) is -24.8. The fraction of sp³-hybridized carbons (Fsp3) is 0.381. The number of alkyl halides is 11. The number of benzene rings is 2. The van der Waals surface area contributed by atoms with Crippen molar-refractivity contribution in [1.82, 2.24) is 0 Å². The molecule has 0 fully saturated rings. The number of hydrogen-bond donors (Lipinski definition) is 0. The molecule has 0 radical (unpaired) electrons. The van der Waals surface area contributed by atoms with Gasteiger partial charge < -0.3 is 0 Å². The molecular weight excluding hydrogens is 589 g/mol. The summed E-state index contributed by atoms with van der Waals surface area (Å²) in [4.78, 5) is 12.8. The Morgan fingerprint density at radius 2 is 1.18 bits per heavy atom. The van der Waals surface area contributed by atoms with Gasteiger partial charge in [0, 0.05) is 16.9 Å². The lowest BCUT2D eigenvalue weighted by molar-refractivity contribution is -0.413. The summed E-state index contributed by atoms with van der Waals surface area (Å²) in [6.45, 7) is 0. The Morgan fingerprint density at radius 1 is 0.711 bits per heavy atom. The number of carbonyl (C=O) groups excluding carboxylic acids is 1. The number of hydrogen-bond acceptors (Lipinski definition) is 4. The van der Waals surface area contributed by atoms with Crippen molar-refractivity contribution in [3.8, 4) is 0 Å². The molecule has 17 heteroatoms. The van der Waals surface area contributed by atoms with Gasteiger partial charge in [-0.3, -0.25) is 4.79 Å². The monoisotopic (exact) mass is 606 g/mol. The molecule has 2 rings (SSSR count). The molecule has 4 nitrogen and oxygen atoms in total. The first-order chi connectivity index (χ1) is 16.9. The fourth-order valence-corrected chi connectivity index (χ4v) is 6.93. The molecule has 0 aliphatic heterocycles. The maximum atomic E-state index is 14.2. The lowest BCUT2D eigenvalue weighted by atomic mass is 9.99. The van der Waals surface area contributed by atoms with E-state index in [0.29, 0.717) is 0 Å². The third-order valence-corrected chi connectivity index (χ3v) is 8.98. The van der Waals surface area contributed by atoms with Crippen molar-refractivity contribution >= 4 is 26.2 Å². The van der Waals surface area contributed by atoms with Crippen molar-refractivity contribution in [3.05, 3.63) is 71.3 Å². The molecule has 0 aromatic heterocycles. The second-order valence-electron chi connectivity index (χ2n) is 8.19. The van der Waals surface area contributed by atoms with Crippen molar-refractivity contribution < 1.29 is 65.1 Å². The van der Waals surface area contributed by atoms with Crippen molar-refractivity contribution in [2.75, 3.05) is 12.5 Å². The van der Waals surface area contributed by atoms with Crippen LogP contribution in [0, 0.1) is 0 Å². The lowest BCUT2D eigenvalue weighted by Crippen LogP contribution is -2.68. The molecule has 38 heavy (non-hydrogen) atoms. The molecule has 0 unspecified atom stereocenters. The van der Waals surface area contributed by atoms with E-state index in [1.807, 2.05) is 0 Å². The van der Waals surface area contributed by atoms with Crippen LogP contribution in [-0.4, -0.2) is 55.9 Å². The van der Waals surface area contributed by atoms with E-state index in [0.717, 1.165) is 12.5 Å². The van der Waals surface area contributed by atoms with Crippen LogP contribution in [0.1, 0.15) is 21.5 Å². The molecule has 0 atom stereocenters. The molecule has 0 saturated heterocycles. The molecule has 0 N–H and O–H groups in total. The van der Waals surface area contributed by atoms with Crippen LogP contribution in [0.3, 0.4) is 0 Å². The van der Waals surface area contributed by atoms with Gasteiger partial charge in [0.15, 0.2) is 5.78 Å². The van der Waals surface area contributed by atoms with Gasteiger partial charge in [-0.2, -0.15) is 56.7 Å². The Hall–Kier alpha value is -2.40. The van der Waals surface area contributed by atoms with Crippen LogP contribution < -0.4 is 0 Å². The highest BCUT2D eigenvalue weighted by Crippen LogP contribution is 2.60. The summed E-state index contributed by atoms with van der Waals surface area (Å²) in [6, 6.07) is 12.5. The molecule has 0 spiro atoms. The molecule has 0 amide bonds. The van der Waals surface area contributed by atoms with Gasteiger partial charge in [-0.1, -0.05) is 54.6 Å². The first-order valence-electron chi connectivity index (χ1n) is 9.85. The van der Waals surface area contributed by atoms with E-state index < -0.39 is 61.2 Å². The first kappa shape index (κ1) is 31.8. The standard InChI is InChI=1S/C21H17F11O4S2/c1-37(2,12-14-10-6-7-11-15(14)16(33)13-8-4-3-5-9-13)36-38(34,35)21(31,32)19(26,27)17(22,23)18(24,25)20(28,29)30/h3-11H,12H2,1-2H3. The average molecular weight is 606 g/mol. The Morgan fingerprint density at radius 3 is 1.68 bits per heavy atom. The van der Waals surface area contributed by atoms with Crippen LogP contribution in [0.4, 0.5) is 48.3 Å². The second-order valence-corrected chi connectivity index (χ2v) is 13.3. The number of ketones is 1. The Kier molecular flexibility index (Phi) is 8.35. The van der Waals surface area contributed by atoms with E-state index in [2.05, 4.69) is 3.63 Å². The Bertz CT molecular complexity index is 1280. The van der Waals surface area contributed by atoms with E-state index in [9.17, 15) is 61.5 Å². The normalized spacial score (nSPS) is 14.9. The van der Waals surface area contributed by atoms with E-state index in [1.54, 1.807) is 6.07 Å². The van der Waals surface area contributed by atoms with E-state index >= 15 is 0 Å². The fourth-order valence-electron chi connectivity index (χ4n) is 3.01. The van der Waals surface area contributed by atoms with Crippen molar-refractivity contribution in [2.45, 2.75) is 35.0 Å². The van der Waals surface area contributed by atoms with Gasteiger partial charge in [-0.05, 0) is 18.1 Å². The highest BCUT2D eigenvalue weighted by atomic mass is 32.3. The Labute approximate surface area is 210 Å². The zero-order valence-corrected chi connectivity index (χ0v) is 20.6. The molecule has 0 aliphatic carbocycles. The third kappa shape index (κ3) is 5.50. The van der Waals surface area contributed by atoms with E-state index in [-0.39, 0.29) is 16.7 Å². The highest BCUT2D eigenvalue weighted by Gasteiger charge is 2.90. The summed E-state index contributed by atoms with van der Waals surface area (Å²) in [5, 5.41) is -7.25. The van der Waals surface area contributed by atoms with Gasteiger partial charge in [-0.25, -0.2) is 3.63 Å². The topological polar surface area (TPSA) is 60.4 Å². The van der Waals surface area contributed by atoms with Gasteiger partial charge in [-0.15, -0.1) is 10.3 Å². The van der Waals surface area contributed by atoms with E-state index in [4.69, 9.17) is 0 Å². The van der Waals surface area contributed by atoms with Crippen LogP contribution in [0.15, 0.2) is 54.6 Å². The highest BCUT2D eigenvalue weighted by molar-refractivity contribution is 8.31. The summed E-state index contributed by atoms with van der Waals surface area (Å²) in [6.07, 6.45) is -5.91. The molecular formula is C21H17F11O4S2. The SMILES string of the molecule is CS(C)(Cc1ccccc1C(=O)c1ccccc1)OS(=O)(=O)C(F)(F)C(F)(F)C(F)(F)C(F)(F)C(F)(F)F. The van der Waals surface area contributed by atoms with Gasteiger partial charge in [0.1, 0.15) is 0 Å². The molecule has 2 aromatic carbocycles. The van der Waals surface area contributed by atoms with Crippen LogP contribution in [0.5, 0.6) is 0 Å². The second kappa shape index (κ2) is 9.97. The molecule has 0 saturated carbocycles. The number of carbonyl (C=O) groups is 1. The van der Waals surface area contributed by atoms with Crippen molar-refractivity contribution in [3.63, 3.8) is 0 Å². The van der Waals surface area contributed by atoms with Crippen LogP contribution >= 0.6 is 10.3 Å². The smallest absolute Gasteiger partial charge is 0.289 e. The summed E-state index contributed by atoms with van der Waals surface area (Å²) in [7, 11) is -10.9. The minimum Gasteiger partial charge on any atom is -0.289 e. The van der Waals surface area contributed by atoms with E-state index in [1.165, 1.54) is 48.5 Å². The number of halogens is 11. The molecule has 2 aromatic rings. The van der Waals surface area contributed by atoms with Gasteiger partial charge >= 0.3 is 39.3 Å². The van der Waals surface area contributed by atoms with Gasteiger partial charge in [0.05, 0.1) is 0 Å². The van der Waals surface area contributed by atoms with Crippen molar-refractivity contribution in [1.29, 1.82) is 0 Å². The quantitative estimate of drug-likeness (QED) is 0.221. The van der Waals surface area contributed by atoms with Crippen LogP contribution in [0.2, 0.25) is 0 Å². The van der Waals surface area contributed by atoms with Gasteiger partial charge in [0.25, 0.3) is 0 Å². The summed E-state index contributed by atoms with van der Waals surface area (Å²) >= 11 is 0. The maximum absolute atomic E-state index is 14.2.